The van der Waals surface area contributed by atoms with Crippen LogP contribution in [0.25, 0.3) is 0 Å². The van der Waals surface area contributed by atoms with E-state index in [2.05, 4.69) is 0 Å². The molecule has 0 saturated heterocycles. The van der Waals surface area contributed by atoms with Gasteiger partial charge in [0.25, 0.3) is 0 Å². The van der Waals surface area contributed by atoms with Crippen molar-refractivity contribution in [3.05, 3.63) is 35.6 Å². The topological polar surface area (TPSA) is 27.0 Å². The van der Waals surface area contributed by atoms with Crippen LogP contribution < -0.4 is 0 Å². The fourth-order valence-electron chi connectivity index (χ4n) is 1.51. The van der Waals surface area contributed by atoms with Gasteiger partial charge in [0.05, 0.1) is 6.07 Å². The molecule has 1 unspecified atom stereocenters. The van der Waals surface area contributed by atoms with Gasteiger partial charge in [-0.3, -0.25) is 0 Å². The van der Waals surface area contributed by atoms with Crippen molar-refractivity contribution in [2.75, 3.05) is 13.6 Å². The lowest BCUT2D eigenvalue weighted by molar-refractivity contribution is -0.162. The van der Waals surface area contributed by atoms with E-state index in [9.17, 15) is 17.6 Å². The predicted octanol–water partition coefficient (Wildman–Crippen LogP) is 2.96. The highest BCUT2D eigenvalue weighted by Gasteiger charge is 2.40. The van der Waals surface area contributed by atoms with Crippen LogP contribution in [0.1, 0.15) is 5.56 Å². The van der Waals surface area contributed by atoms with Crippen LogP contribution in [-0.4, -0.2) is 24.7 Å². The van der Waals surface area contributed by atoms with Crippen LogP contribution in [0.2, 0.25) is 0 Å². The van der Waals surface area contributed by atoms with Gasteiger partial charge in [-0.1, -0.05) is 18.2 Å². The highest BCUT2D eigenvalue weighted by molar-refractivity contribution is 5.17. The zero-order valence-electron chi connectivity index (χ0n) is 9.71. The second-order valence-electron chi connectivity index (χ2n) is 4.01. The van der Waals surface area contributed by atoms with Crippen LogP contribution in [0.3, 0.4) is 0 Å². The Morgan fingerprint density at radius 1 is 1.33 bits per heavy atom. The fraction of sp³-hybridized carbons (Fsp3) is 0.417. The van der Waals surface area contributed by atoms with Crippen molar-refractivity contribution in [1.82, 2.24) is 4.90 Å². The van der Waals surface area contributed by atoms with E-state index in [-0.39, 0.29) is 6.54 Å². The van der Waals surface area contributed by atoms with Gasteiger partial charge >= 0.3 is 6.18 Å². The SMILES string of the molecule is CN(Cc1ccccc1F)CC(C#N)C(F)(F)F. The molecule has 0 aliphatic heterocycles. The fourth-order valence-corrected chi connectivity index (χ4v) is 1.51. The van der Waals surface area contributed by atoms with Crippen molar-refractivity contribution in [1.29, 1.82) is 5.26 Å². The van der Waals surface area contributed by atoms with Gasteiger partial charge in [-0.25, -0.2) is 4.39 Å². The van der Waals surface area contributed by atoms with E-state index in [1.54, 1.807) is 6.07 Å². The number of nitrogens with zero attached hydrogens (tertiary/aromatic N) is 2. The Hall–Kier alpha value is -1.61. The minimum atomic E-state index is -4.56. The maximum Gasteiger partial charge on any atom is 0.405 e. The summed E-state index contributed by atoms with van der Waals surface area (Å²) < 4.78 is 50.4. The van der Waals surface area contributed by atoms with Crippen LogP contribution in [0.5, 0.6) is 0 Å². The molecule has 0 bridgehead atoms. The first-order valence-electron chi connectivity index (χ1n) is 5.23. The van der Waals surface area contributed by atoms with Crippen LogP contribution in [0.15, 0.2) is 24.3 Å². The third-order valence-corrected chi connectivity index (χ3v) is 2.44. The van der Waals surface area contributed by atoms with Gasteiger partial charge in [0.1, 0.15) is 5.82 Å². The summed E-state index contributed by atoms with van der Waals surface area (Å²) >= 11 is 0. The molecule has 0 heterocycles. The second kappa shape index (κ2) is 5.83. The summed E-state index contributed by atoms with van der Waals surface area (Å²) in [7, 11) is 1.42. The van der Waals surface area contributed by atoms with Crippen LogP contribution >= 0.6 is 0 Å². The summed E-state index contributed by atoms with van der Waals surface area (Å²) in [5, 5.41) is 8.46. The Bertz CT molecular complexity index is 436. The van der Waals surface area contributed by atoms with E-state index >= 15 is 0 Å². The molecule has 0 radical (unpaired) electrons. The zero-order valence-corrected chi connectivity index (χ0v) is 9.71. The molecule has 2 nitrogen and oxygen atoms in total. The van der Waals surface area contributed by atoms with Crippen molar-refractivity contribution < 1.29 is 17.6 Å². The molecule has 0 aliphatic rings. The summed E-state index contributed by atoms with van der Waals surface area (Å²) in [5.74, 6) is -2.53. The number of benzene rings is 1. The smallest absolute Gasteiger partial charge is 0.300 e. The van der Waals surface area contributed by atoms with Crippen LogP contribution in [-0.2, 0) is 6.54 Å². The molecule has 0 N–H and O–H groups in total. The third kappa shape index (κ3) is 4.00. The molecule has 0 saturated carbocycles. The molecule has 1 aromatic rings. The van der Waals surface area contributed by atoms with Crippen molar-refractivity contribution in [2.45, 2.75) is 12.7 Å². The van der Waals surface area contributed by atoms with E-state index in [4.69, 9.17) is 5.26 Å². The van der Waals surface area contributed by atoms with Crippen LogP contribution in [0.4, 0.5) is 17.6 Å². The number of halogens is 4. The lowest BCUT2D eigenvalue weighted by Gasteiger charge is -2.21. The molecule has 98 valence electrons. The van der Waals surface area contributed by atoms with Gasteiger partial charge in [-0.2, -0.15) is 18.4 Å². The summed E-state index contributed by atoms with van der Waals surface area (Å²) in [6, 6.07) is 7.07. The molecule has 1 atom stereocenters. The Morgan fingerprint density at radius 3 is 2.44 bits per heavy atom. The Labute approximate surface area is 102 Å². The van der Waals surface area contributed by atoms with Gasteiger partial charge in [-0.05, 0) is 13.1 Å². The number of hydrogen-bond acceptors (Lipinski definition) is 2. The molecule has 18 heavy (non-hydrogen) atoms. The Morgan fingerprint density at radius 2 is 1.94 bits per heavy atom. The van der Waals surface area contributed by atoms with Crippen molar-refractivity contribution in [3.63, 3.8) is 0 Å². The Kier molecular flexibility index (Phi) is 4.68. The van der Waals surface area contributed by atoms with Crippen molar-refractivity contribution in [3.8, 4) is 6.07 Å². The first-order chi connectivity index (χ1) is 8.34. The van der Waals surface area contributed by atoms with E-state index in [0.29, 0.717) is 5.56 Å². The average molecular weight is 260 g/mol. The van der Waals surface area contributed by atoms with Gasteiger partial charge < -0.3 is 4.90 Å². The lowest BCUT2D eigenvalue weighted by atomic mass is 10.1. The van der Waals surface area contributed by atoms with Gasteiger partial charge in [0.15, 0.2) is 5.92 Å². The highest BCUT2D eigenvalue weighted by atomic mass is 19.4. The molecule has 0 spiro atoms. The molecule has 0 aromatic heterocycles. The van der Waals surface area contributed by atoms with Gasteiger partial charge in [0.2, 0.25) is 0 Å². The molecule has 0 amide bonds. The summed E-state index contributed by atoms with van der Waals surface area (Å²) in [4.78, 5) is 1.28. The van der Waals surface area contributed by atoms with Crippen molar-refractivity contribution in [2.24, 2.45) is 5.92 Å². The molecular weight excluding hydrogens is 248 g/mol. The summed E-state index contributed by atoms with van der Waals surface area (Å²) in [6.07, 6.45) is -4.56. The zero-order chi connectivity index (χ0) is 13.8. The monoisotopic (exact) mass is 260 g/mol. The first-order valence-corrected chi connectivity index (χ1v) is 5.23. The minimum absolute atomic E-state index is 0.0287. The molecule has 6 heteroatoms. The van der Waals surface area contributed by atoms with Crippen molar-refractivity contribution >= 4 is 0 Å². The van der Waals surface area contributed by atoms with Gasteiger partial charge in [0, 0.05) is 18.7 Å². The molecular formula is C12H12F4N2. The molecule has 1 rings (SSSR count). The van der Waals surface area contributed by atoms with Crippen LogP contribution in [0, 0.1) is 23.1 Å². The van der Waals surface area contributed by atoms with E-state index in [1.807, 2.05) is 0 Å². The second-order valence-corrected chi connectivity index (χ2v) is 4.01. The minimum Gasteiger partial charge on any atom is -0.300 e. The highest BCUT2D eigenvalue weighted by Crippen LogP contribution is 2.26. The first kappa shape index (κ1) is 14.5. The predicted molar refractivity (Wildman–Crippen MR) is 57.9 cm³/mol. The largest absolute Gasteiger partial charge is 0.405 e. The normalized spacial score (nSPS) is 13.4. The maximum absolute atomic E-state index is 13.3. The summed E-state index contributed by atoms with van der Waals surface area (Å²) in [6.45, 7) is -0.449. The standard InChI is InChI=1S/C12H12F4N2/c1-18(8-10(6-17)12(14,15)16)7-9-4-2-3-5-11(9)13/h2-5,10H,7-8H2,1H3. The van der Waals surface area contributed by atoms with Gasteiger partial charge in [-0.15, -0.1) is 0 Å². The maximum atomic E-state index is 13.3. The number of hydrogen-bond donors (Lipinski definition) is 0. The third-order valence-electron chi connectivity index (χ3n) is 2.44. The van der Waals surface area contributed by atoms with E-state index in [0.717, 1.165) is 0 Å². The number of rotatable bonds is 4. The van der Waals surface area contributed by atoms with E-state index < -0.39 is 24.5 Å². The Balaban J connectivity index is 2.65. The summed E-state index contributed by atoms with van der Waals surface area (Å²) in [5.41, 5.74) is 0.305. The van der Waals surface area contributed by atoms with E-state index in [1.165, 1.54) is 36.2 Å². The average Bonchev–Trinajstić information content (AvgIpc) is 2.27. The molecule has 0 aliphatic carbocycles. The quantitative estimate of drug-likeness (QED) is 0.778. The molecule has 0 fully saturated rings. The molecule has 1 aromatic carbocycles. The lowest BCUT2D eigenvalue weighted by Crippen LogP contribution is -2.33. The number of alkyl halides is 3. The number of nitriles is 1.